The third-order valence-corrected chi connectivity index (χ3v) is 8.60. The van der Waals surface area contributed by atoms with E-state index >= 15 is 0 Å². The Balaban J connectivity index is 0.000000213. The summed E-state index contributed by atoms with van der Waals surface area (Å²) in [5.74, 6) is -2.95. The highest BCUT2D eigenvalue weighted by atomic mass is 19.4. The molecule has 0 spiro atoms. The first-order valence-electron chi connectivity index (χ1n) is 13.2. The number of carbonyl (C=O) groups is 4. The Morgan fingerprint density at radius 3 is 1.57 bits per heavy atom. The summed E-state index contributed by atoms with van der Waals surface area (Å²) in [5, 5.41) is 0. The Labute approximate surface area is 216 Å². The van der Waals surface area contributed by atoms with Gasteiger partial charge in [-0.3, -0.25) is 14.4 Å². The van der Waals surface area contributed by atoms with Gasteiger partial charge in [-0.25, -0.2) is 4.79 Å². The van der Waals surface area contributed by atoms with Crippen LogP contribution in [0, 0.1) is 22.7 Å². The molecule has 11 heteroatoms. The number of primary amides is 1. The highest BCUT2D eigenvalue weighted by molar-refractivity contribution is 6.34. The Morgan fingerprint density at radius 1 is 0.811 bits per heavy atom. The van der Waals surface area contributed by atoms with Crippen molar-refractivity contribution < 1.29 is 37.1 Å². The zero-order valence-corrected chi connectivity index (χ0v) is 22.2. The smallest absolute Gasteiger partial charge is 0.422 e. The van der Waals surface area contributed by atoms with Crippen LogP contribution in [0.1, 0.15) is 79.1 Å². The van der Waals surface area contributed by atoms with Crippen molar-refractivity contribution >= 4 is 23.7 Å². The second-order valence-corrected chi connectivity index (χ2v) is 12.2. The molecule has 4 fully saturated rings. The monoisotopic (exact) mass is 531 g/mol. The summed E-state index contributed by atoms with van der Waals surface area (Å²) < 4.78 is 40.3. The van der Waals surface area contributed by atoms with Gasteiger partial charge in [0, 0.05) is 25.2 Å². The first kappa shape index (κ1) is 29.2. The van der Waals surface area contributed by atoms with Crippen molar-refractivity contribution in [3.63, 3.8) is 0 Å². The third-order valence-electron chi connectivity index (χ3n) is 8.60. The zero-order chi connectivity index (χ0) is 27.8. The minimum absolute atomic E-state index is 0.000106. The number of piperidine rings is 2. The van der Waals surface area contributed by atoms with Crippen molar-refractivity contribution in [3.05, 3.63) is 0 Å². The molecular formula is C26H40F3N3O5. The fourth-order valence-electron chi connectivity index (χ4n) is 5.73. The molecular weight excluding hydrogens is 491 g/mol. The molecule has 0 unspecified atom stereocenters. The van der Waals surface area contributed by atoms with E-state index in [-0.39, 0.29) is 28.8 Å². The molecule has 0 bridgehead atoms. The van der Waals surface area contributed by atoms with Crippen LogP contribution in [0.5, 0.6) is 0 Å². The third kappa shape index (κ3) is 7.37. The van der Waals surface area contributed by atoms with Crippen LogP contribution in [0.2, 0.25) is 0 Å². The molecule has 2 aliphatic carbocycles. The number of ether oxygens (including phenoxy) is 1. The maximum Gasteiger partial charge on any atom is 0.422 e. The van der Waals surface area contributed by atoms with E-state index in [1.165, 1.54) is 4.90 Å². The molecule has 2 N–H and O–H groups in total. The average molecular weight is 532 g/mol. The van der Waals surface area contributed by atoms with E-state index in [0.29, 0.717) is 19.0 Å². The maximum atomic E-state index is 12.1. The number of hydrogen-bond donors (Lipinski definition) is 1. The number of alkyl halides is 3. The topological polar surface area (TPSA) is 110 Å². The molecule has 210 valence electrons. The fraction of sp³-hybridized carbons (Fsp3) is 0.846. The number of amides is 3. The molecule has 0 aromatic rings. The van der Waals surface area contributed by atoms with Gasteiger partial charge in [0.25, 0.3) is 0 Å². The van der Waals surface area contributed by atoms with Crippen molar-refractivity contribution in [1.82, 2.24) is 9.80 Å². The molecule has 2 heterocycles. The number of nitrogens with zero attached hydrogens (tertiary/aromatic N) is 2. The molecule has 0 radical (unpaired) electrons. The van der Waals surface area contributed by atoms with Gasteiger partial charge in [-0.2, -0.15) is 13.2 Å². The van der Waals surface area contributed by atoms with Gasteiger partial charge >= 0.3 is 29.9 Å². The Hall–Kier alpha value is -2.33. The van der Waals surface area contributed by atoms with E-state index in [2.05, 4.69) is 25.5 Å². The SMILES string of the molecule is C[C@H]1CC[C@H](C2(C)CC2)N(C(=O)C(=O)OCC(F)(F)F)C1.C[C@H]1CC[C@H](C2(C)CC2)N(C(=O)C(N)=O)C1. The van der Waals surface area contributed by atoms with E-state index in [9.17, 15) is 32.3 Å². The van der Waals surface area contributed by atoms with E-state index in [1.807, 2.05) is 6.92 Å². The lowest BCUT2D eigenvalue weighted by Gasteiger charge is -2.41. The minimum atomic E-state index is -4.62. The summed E-state index contributed by atoms with van der Waals surface area (Å²) in [7, 11) is 0. The van der Waals surface area contributed by atoms with Gasteiger partial charge in [-0.15, -0.1) is 0 Å². The van der Waals surface area contributed by atoms with Crippen LogP contribution >= 0.6 is 0 Å². The van der Waals surface area contributed by atoms with Crippen LogP contribution in [-0.2, 0) is 23.9 Å². The number of hydrogen-bond acceptors (Lipinski definition) is 5. The van der Waals surface area contributed by atoms with Gasteiger partial charge in [0.1, 0.15) is 0 Å². The summed E-state index contributed by atoms with van der Waals surface area (Å²) in [4.78, 5) is 49.7. The normalized spacial score (nSPS) is 29.9. The van der Waals surface area contributed by atoms with E-state index in [4.69, 9.17) is 5.73 Å². The van der Waals surface area contributed by atoms with Crippen molar-refractivity contribution in [2.75, 3.05) is 19.7 Å². The average Bonchev–Trinajstić information content (AvgIpc) is 3.75. The number of halogens is 3. The number of carbonyl (C=O) groups excluding carboxylic acids is 4. The molecule has 2 saturated carbocycles. The zero-order valence-electron chi connectivity index (χ0n) is 22.2. The first-order valence-corrected chi connectivity index (χ1v) is 13.2. The molecule has 0 aromatic heterocycles. The van der Waals surface area contributed by atoms with Gasteiger partial charge in [-0.05, 0) is 74.0 Å². The molecule has 37 heavy (non-hydrogen) atoms. The van der Waals surface area contributed by atoms with Crippen LogP contribution < -0.4 is 5.73 Å². The quantitative estimate of drug-likeness (QED) is 0.443. The Bertz CT molecular complexity index is 900. The maximum absolute atomic E-state index is 12.1. The lowest BCUT2D eigenvalue weighted by molar-refractivity contribution is -0.190. The van der Waals surface area contributed by atoms with Crippen LogP contribution in [-0.4, -0.2) is 71.4 Å². The van der Waals surface area contributed by atoms with Gasteiger partial charge < -0.3 is 20.3 Å². The van der Waals surface area contributed by atoms with Crippen LogP contribution in [0.3, 0.4) is 0 Å². The molecule has 2 aliphatic heterocycles. The summed E-state index contributed by atoms with van der Waals surface area (Å²) in [5.41, 5.74) is 5.35. The predicted octanol–water partition coefficient (Wildman–Crippen LogP) is 3.42. The highest BCUT2D eigenvalue weighted by Crippen LogP contribution is 2.53. The van der Waals surface area contributed by atoms with E-state index in [1.54, 1.807) is 4.90 Å². The van der Waals surface area contributed by atoms with Gasteiger partial charge in [0.05, 0.1) is 0 Å². The van der Waals surface area contributed by atoms with Crippen LogP contribution in [0.25, 0.3) is 0 Å². The summed E-state index contributed by atoms with van der Waals surface area (Å²) in [6, 6.07) is 0.156. The lowest BCUT2D eigenvalue weighted by atomic mass is 9.85. The fourth-order valence-corrected chi connectivity index (χ4v) is 5.73. The van der Waals surface area contributed by atoms with Crippen molar-refractivity contribution in [2.24, 2.45) is 28.4 Å². The van der Waals surface area contributed by atoms with Crippen molar-refractivity contribution in [2.45, 2.75) is 97.3 Å². The van der Waals surface area contributed by atoms with Crippen molar-refractivity contribution in [1.29, 1.82) is 0 Å². The molecule has 2 saturated heterocycles. The lowest BCUT2D eigenvalue weighted by Crippen LogP contribution is -2.53. The minimum Gasteiger partial charge on any atom is -0.449 e. The molecule has 4 aliphatic rings. The second kappa shape index (κ2) is 10.8. The Kier molecular flexibility index (Phi) is 8.54. The van der Waals surface area contributed by atoms with E-state index < -0.39 is 36.5 Å². The van der Waals surface area contributed by atoms with E-state index in [0.717, 1.165) is 51.4 Å². The number of likely N-dealkylation sites (tertiary alicyclic amines) is 2. The number of rotatable bonds is 3. The summed E-state index contributed by atoms with van der Waals surface area (Å²) in [6.45, 7) is 7.70. The van der Waals surface area contributed by atoms with Crippen LogP contribution in [0.4, 0.5) is 13.2 Å². The first-order chi connectivity index (χ1) is 17.1. The Morgan fingerprint density at radius 2 is 1.22 bits per heavy atom. The molecule has 8 nitrogen and oxygen atoms in total. The standard InChI is InChI=1S/C14H20F3NO3.C12H20N2O2/c1-9-3-4-10(13(2)5-6-13)18(7-9)11(19)12(20)21-8-14(15,16)17;1-8-3-4-9(12(2)5-6-12)14(7-8)11(16)10(13)15/h9-10H,3-8H2,1-2H3;8-9H,3-7H2,1-2H3,(H2,13,15)/t9-,10+;8-,9+/m00/s1. The summed E-state index contributed by atoms with van der Waals surface area (Å²) in [6.07, 6.45) is 3.56. The molecule has 4 rings (SSSR count). The second-order valence-electron chi connectivity index (χ2n) is 12.2. The molecule has 3 amide bonds. The molecule has 0 aromatic carbocycles. The molecule has 4 atom stereocenters. The van der Waals surface area contributed by atoms with Gasteiger partial charge in [-0.1, -0.05) is 27.7 Å². The summed E-state index contributed by atoms with van der Waals surface area (Å²) >= 11 is 0. The number of nitrogens with two attached hydrogens (primary N) is 1. The number of esters is 1. The predicted molar refractivity (Wildman–Crippen MR) is 129 cm³/mol. The largest absolute Gasteiger partial charge is 0.449 e. The van der Waals surface area contributed by atoms with Crippen LogP contribution in [0.15, 0.2) is 0 Å². The van der Waals surface area contributed by atoms with Crippen molar-refractivity contribution in [3.8, 4) is 0 Å². The van der Waals surface area contributed by atoms with Gasteiger partial charge in [0.15, 0.2) is 6.61 Å². The van der Waals surface area contributed by atoms with Gasteiger partial charge in [0.2, 0.25) is 0 Å². The highest BCUT2D eigenvalue weighted by Gasteiger charge is 2.51.